The summed E-state index contributed by atoms with van der Waals surface area (Å²) in [5.74, 6) is -0.774. The van der Waals surface area contributed by atoms with E-state index in [9.17, 15) is 18.0 Å². The van der Waals surface area contributed by atoms with Crippen LogP contribution in [0.15, 0.2) is 30.7 Å². The van der Waals surface area contributed by atoms with Crippen LogP contribution in [0.3, 0.4) is 0 Å². The molecular formula is C17H18F3N5O2. The minimum Gasteiger partial charge on any atom is -0.403 e. The summed E-state index contributed by atoms with van der Waals surface area (Å²) in [6.07, 6.45) is 1.89. The summed E-state index contributed by atoms with van der Waals surface area (Å²) in [7, 11) is 0. The van der Waals surface area contributed by atoms with Crippen molar-refractivity contribution in [3.05, 3.63) is 42.1 Å². The zero-order valence-electron chi connectivity index (χ0n) is 14.5. The molecule has 7 nitrogen and oxygen atoms in total. The monoisotopic (exact) mass is 381 g/mol. The van der Waals surface area contributed by atoms with Crippen LogP contribution in [-0.2, 0) is 0 Å². The van der Waals surface area contributed by atoms with E-state index in [0.29, 0.717) is 12.2 Å². The number of nitrogens with one attached hydrogen (secondary N) is 2. The van der Waals surface area contributed by atoms with Crippen molar-refractivity contribution in [1.82, 2.24) is 20.3 Å². The second kappa shape index (κ2) is 7.77. The summed E-state index contributed by atoms with van der Waals surface area (Å²) in [6.45, 7) is 1.82. The van der Waals surface area contributed by atoms with E-state index in [1.807, 2.05) is 6.92 Å². The van der Waals surface area contributed by atoms with E-state index in [0.717, 1.165) is 24.6 Å². The highest BCUT2D eigenvalue weighted by molar-refractivity contribution is 5.95. The molecule has 0 aliphatic heterocycles. The number of halogens is 3. The van der Waals surface area contributed by atoms with Gasteiger partial charge in [0.2, 0.25) is 0 Å². The minimum atomic E-state index is -4.90. The predicted octanol–water partition coefficient (Wildman–Crippen LogP) is 2.84. The smallest absolute Gasteiger partial charge is 0.403 e. The zero-order valence-corrected chi connectivity index (χ0v) is 14.5. The van der Waals surface area contributed by atoms with Gasteiger partial charge in [-0.2, -0.15) is 0 Å². The Morgan fingerprint density at radius 3 is 2.67 bits per heavy atom. The predicted molar refractivity (Wildman–Crippen MR) is 90.2 cm³/mol. The minimum absolute atomic E-state index is 0.110. The number of carbonyl (C=O) groups excluding carboxylic acids is 1. The Hall–Kier alpha value is -2.91. The Morgan fingerprint density at radius 1 is 1.19 bits per heavy atom. The first kappa shape index (κ1) is 18.9. The highest BCUT2D eigenvalue weighted by Crippen LogP contribution is 2.26. The van der Waals surface area contributed by atoms with Crippen LogP contribution in [0, 0.1) is 6.92 Å². The second-order valence-corrected chi connectivity index (χ2v) is 6.20. The number of anilines is 1. The van der Waals surface area contributed by atoms with Crippen molar-refractivity contribution in [3.63, 3.8) is 0 Å². The number of aromatic nitrogens is 3. The van der Waals surface area contributed by atoms with Gasteiger partial charge in [0.25, 0.3) is 5.91 Å². The maximum Gasteiger partial charge on any atom is 0.573 e. The SMILES string of the molecule is Cc1cnc(N[C@H]2CCC[C@@H]2NC(=O)c2ncccc2OC(F)(F)F)cn1. The number of carbonyl (C=O) groups is 1. The summed E-state index contributed by atoms with van der Waals surface area (Å²) in [5.41, 5.74) is 0.375. The lowest BCUT2D eigenvalue weighted by molar-refractivity contribution is -0.274. The Morgan fingerprint density at radius 2 is 1.96 bits per heavy atom. The number of hydrogen-bond acceptors (Lipinski definition) is 6. The Balaban J connectivity index is 1.69. The molecular weight excluding hydrogens is 363 g/mol. The molecule has 1 aliphatic rings. The lowest BCUT2D eigenvalue weighted by atomic mass is 10.1. The average molecular weight is 381 g/mol. The summed E-state index contributed by atoms with van der Waals surface area (Å²) in [4.78, 5) is 24.6. The molecule has 2 N–H and O–H groups in total. The molecule has 1 aliphatic carbocycles. The first-order valence-corrected chi connectivity index (χ1v) is 8.38. The molecule has 0 bridgehead atoms. The van der Waals surface area contributed by atoms with Crippen LogP contribution in [0.25, 0.3) is 0 Å². The maximum atomic E-state index is 12.5. The fraction of sp³-hybridized carbons (Fsp3) is 0.412. The molecule has 1 amide bonds. The molecule has 0 spiro atoms. The zero-order chi connectivity index (χ0) is 19.4. The van der Waals surface area contributed by atoms with E-state index >= 15 is 0 Å². The Kier molecular flexibility index (Phi) is 5.43. The topological polar surface area (TPSA) is 89.0 Å². The molecule has 0 saturated heterocycles. The maximum absolute atomic E-state index is 12.5. The molecule has 0 radical (unpaired) electrons. The first-order chi connectivity index (χ1) is 12.8. The molecule has 1 saturated carbocycles. The van der Waals surface area contributed by atoms with Crippen molar-refractivity contribution < 1.29 is 22.7 Å². The van der Waals surface area contributed by atoms with E-state index in [1.165, 1.54) is 12.3 Å². The lowest BCUT2D eigenvalue weighted by Crippen LogP contribution is -2.43. The van der Waals surface area contributed by atoms with Crippen molar-refractivity contribution in [1.29, 1.82) is 0 Å². The van der Waals surface area contributed by atoms with E-state index in [4.69, 9.17) is 0 Å². The molecule has 3 rings (SSSR count). The van der Waals surface area contributed by atoms with Gasteiger partial charge in [-0.15, -0.1) is 13.2 Å². The van der Waals surface area contributed by atoms with Gasteiger partial charge in [-0.05, 0) is 38.3 Å². The van der Waals surface area contributed by atoms with Crippen molar-refractivity contribution in [2.45, 2.75) is 44.6 Å². The van der Waals surface area contributed by atoms with Crippen LogP contribution in [0.1, 0.15) is 35.4 Å². The number of alkyl halides is 3. The number of hydrogen-bond donors (Lipinski definition) is 2. The van der Waals surface area contributed by atoms with Gasteiger partial charge in [0.1, 0.15) is 5.82 Å². The average Bonchev–Trinajstić information content (AvgIpc) is 3.02. The normalized spacial score (nSPS) is 19.6. The molecule has 2 aromatic rings. The van der Waals surface area contributed by atoms with E-state index in [2.05, 4.69) is 30.3 Å². The van der Waals surface area contributed by atoms with Gasteiger partial charge in [-0.3, -0.25) is 9.78 Å². The Labute approximate surface area is 153 Å². The highest BCUT2D eigenvalue weighted by atomic mass is 19.4. The third-order valence-corrected chi connectivity index (χ3v) is 4.16. The number of aryl methyl sites for hydroxylation is 1. The van der Waals surface area contributed by atoms with Crippen LogP contribution in [0.5, 0.6) is 5.75 Å². The molecule has 10 heteroatoms. The number of amides is 1. The molecule has 0 unspecified atom stereocenters. The fourth-order valence-electron chi connectivity index (χ4n) is 2.97. The van der Waals surface area contributed by atoms with Crippen LogP contribution in [0.4, 0.5) is 19.0 Å². The fourth-order valence-corrected chi connectivity index (χ4v) is 2.97. The summed E-state index contributed by atoms with van der Waals surface area (Å²) in [6, 6.07) is 1.94. The van der Waals surface area contributed by atoms with Gasteiger partial charge in [-0.1, -0.05) is 0 Å². The molecule has 144 valence electrons. The van der Waals surface area contributed by atoms with Gasteiger partial charge in [0.05, 0.1) is 18.1 Å². The van der Waals surface area contributed by atoms with Crippen molar-refractivity contribution >= 4 is 11.7 Å². The standard InChI is InChI=1S/C17H18F3N5O2/c1-10-8-23-14(9-22-10)24-11-4-2-5-12(11)25-16(26)15-13(6-3-7-21-15)27-17(18,19)20/h3,6-9,11-12H,2,4-5H2,1H3,(H,23,24)(H,25,26)/t11-,12-/m0/s1. The summed E-state index contributed by atoms with van der Waals surface area (Å²) in [5, 5.41) is 5.95. The molecule has 2 aromatic heterocycles. The van der Waals surface area contributed by atoms with Crippen molar-refractivity contribution in [2.24, 2.45) is 0 Å². The van der Waals surface area contributed by atoms with Crippen LogP contribution in [0.2, 0.25) is 0 Å². The molecule has 0 aromatic carbocycles. The summed E-state index contributed by atoms with van der Waals surface area (Å²) >= 11 is 0. The third-order valence-electron chi connectivity index (χ3n) is 4.16. The van der Waals surface area contributed by atoms with Gasteiger partial charge in [0.15, 0.2) is 11.4 Å². The molecule has 2 atom stereocenters. The van der Waals surface area contributed by atoms with Gasteiger partial charge < -0.3 is 15.4 Å². The molecule has 1 fully saturated rings. The Bertz CT molecular complexity index is 798. The largest absolute Gasteiger partial charge is 0.573 e. The van der Waals surface area contributed by atoms with Crippen LogP contribution >= 0.6 is 0 Å². The first-order valence-electron chi connectivity index (χ1n) is 8.38. The number of nitrogens with zero attached hydrogens (tertiary/aromatic N) is 3. The second-order valence-electron chi connectivity index (χ2n) is 6.20. The highest BCUT2D eigenvalue weighted by Gasteiger charge is 2.34. The quantitative estimate of drug-likeness (QED) is 0.828. The molecule has 27 heavy (non-hydrogen) atoms. The van der Waals surface area contributed by atoms with E-state index in [-0.39, 0.29) is 12.1 Å². The van der Waals surface area contributed by atoms with E-state index in [1.54, 1.807) is 12.4 Å². The number of ether oxygens (including phenoxy) is 1. The van der Waals surface area contributed by atoms with Crippen molar-refractivity contribution in [3.8, 4) is 5.75 Å². The van der Waals surface area contributed by atoms with Crippen LogP contribution in [-0.4, -0.2) is 39.3 Å². The lowest BCUT2D eigenvalue weighted by Gasteiger charge is -2.23. The van der Waals surface area contributed by atoms with E-state index < -0.39 is 23.7 Å². The van der Waals surface area contributed by atoms with Crippen molar-refractivity contribution in [2.75, 3.05) is 5.32 Å². The molecule has 2 heterocycles. The van der Waals surface area contributed by atoms with Gasteiger partial charge >= 0.3 is 6.36 Å². The van der Waals surface area contributed by atoms with Gasteiger partial charge in [-0.25, -0.2) is 9.97 Å². The third kappa shape index (κ3) is 5.05. The summed E-state index contributed by atoms with van der Waals surface area (Å²) < 4.78 is 41.4. The number of pyridine rings is 1. The van der Waals surface area contributed by atoms with Gasteiger partial charge in [0, 0.05) is 18.3 Å². The number of rotatable bonds is 5. The van der Waals surface area contributed by atoms with Crippen LogP contribution < -0.4 is 15.4 Å².